The molecular weight excluding hydrogens is 368 g/mol. The maximum Gasteiger partial charge on any atom is 0.350 e. The molecule has 0 aromatic heterocycles. The molecule has 0 aliphatic carbocycles. The van der Waals surface area contributed by atoms with E-state index in [0.717, 1.165) is 21.6 Å². The van der Waals surface area contributed by atoms with Crippen LogP contribution in [0.5, 0.6) is 5.75 Å². The summed E-state index contributed by atoms with van der Waals surface area (Å²) < 4.78 is 0. The van der Waals surface area contributed by atoms with E-state index in [0.29, 0.717) is 17.1 Å². The molecule has 6 heteroatoms. The number of carbonyl (C=O) groups is 2. The largest absolute Gasteiger partial charge is 0.507 e. The second kappa shape index (κ2) is 7.17. The van der Waals surface area contributed by atoms with E-state index in [2.05, 4.69) is 0 Å². The van der Waals surface area contributed by atoms with Crippen molar-refractivity contribution in [2.75, 3.05) is 7.05 Å². The molecule has 0 bridgehead atoms. The highest BCUT2D eigenvalue weighted by atomic mass is 16.5. The summed E-state index contributed by atoms with van der Waals surface area (Å²) in [6.07, 6.45) is 2.17. The number of aromatic hydroxyl groups is 1. The minimum Gasteiger partial charge on any atom is -0.507 e. The lowest BCUT2D eigenvalue weighted by Crippen LogP contribution is -2.49. The average Bonchev–Trinajstić information content (AvgIpc) is 2.74. The highest BCUT2D eigenvalue weighted by molar-refractivity contribution is 6.09. The van der Waals surface area contributed by atoms with Crippen LogP contribution < -0.4 is 0 Å². The topological polar surface area (TPSA) is 81.1 Å². The summed E-state index contributed by atoms with van der Waals surface area (Å²) in [5.74, 6) is -0.132. The van der Waals surface area contributed by atoms with Gasteiger partial charge >= 0.3 is 6.03 Å². The molecule has 0 radical (unpaired) electrons. The summed E-state index contributed by atoms with van der Waals surface area (Å²) in [5.41, 5.74) is 1.62. The van der Waals surface area contributed by atoms with Gasteiger partial charge in [0.25, 0.3) is 5.91 Å². The van der Waals surface area contributed by atoms with Crippen molar-refractivity contribution in [1.29, 1.82) is 0 Å². The zero-order chi connectivity index (χ0) is 22.5. The second-order valence-corrected chi connectivity index (χ2v) is 10.6. The van der Waals surface area contributed by atoms with Gasteiger partial charge in [-0.2, -0.15) is 0 Å². The smallest absolute Gasteiger partial charge is 0.350 e. The molecule has 3 amide bonds. The summed E-state index contributed by atoms with van der Waals surface area (Å²) in [4.78, 5) is 26.3. The molecule has 1 aromatic carbocycles. The molecule has 2 rings (SSSR count). The SMILES string of the molecule is CN(O)C(=O)N1C(=O)/C(=C\c2cc(C(C)(C)C)c(O)c(C(C)(C)C)c2)CC1(C)C. The van der Waals surface area contributed by atoms with E-state index in [1.54, 1.807) is 19.9 Å². The van der Waals surface area contributed by atoms with Crippen molar-refractivity contribution in [3.63, 3.8) is 0 Å². The normalized spacial score (nSPS) is 18.5. The number of phenols is 1. The Kier molecular flexibility index (Phi) is 5.67. The van der Waals surface area contributed by atoms with Gasteiger partial charge in [-0.25, -0.2) is 9.86 Å². The highest BCUT2D eigenvalue weighted by Crippen LogP contribution is 2.41. The van der Waals surface area contributed by atoms with Gasteiger partial charge < -0.3 is 5.11 Å². The molecule has 2 N–H and O–H groups in total. The Bertz CT molecular complexity index is 833. The van der Waals surface area contributed by atoms with Crippen LogP contribution in [-0.2, 0) is 15.6 Å². The average molecular weight is 403 g/mol. The molecule has 29 heavy (non-hydrogen) atoms. The molecule has 0 unspecified atom stereocenters. The zero-order valence-corrected chi connectivity index (χ0v) is 19.0. The fourth-order valence-electron chi connectivity index (χ4n) is 3.73. The number of amides is 3. The minimum absolute atomic E-state index is 0.279. The number of nitrogens with zero attached hydrogens (tertiary/aromatic N) is 2. The summed E-state index contributed by atoms with van der Waals surface area (Å²) in [6, 6.07) is 3.06. The van der Waals surface area contributed by atoms with E-state index in [1.807, 2.05) is 53.7 Å². The number of hydrogen-bond donors (Lipinski definition) is 2. The van der Waals surface area contributed by atoms with Gasteiger partial charge in [0.15, 0.2) is 0 Å². The Hall–Kier alpha value is -2.34. The third-order valence-corrected chi connectivity index (χ3v) is 5.26. The van der Waals surface area contributed by atoms with E-state index in [4.69, 9.17) is 0 Å². The van der Waals surface area contributed by atoms with Crippen molar-refractivity contribution in [2.24, 2.45) is 0 Å². The minimum atomic E-state index is -0.750. The van der Waals surface area contributed by atoms with Crippen molar-refractivity contribution < 1.29 is 19.9 Å². The van der Waals surface area contributed by atoms with Crippen LogP contribution >= 0.6 is 0 Å². The molecule has 0 saturated carbocycles. The predicted octanol–water partition coefficient (Wildman–Crippen LogP) is 4.82. The highest BCUT2D eigenvalue weighted by Gasteiger charge is 2.46. The first kappa shape index (κ1) is 22.9. The van der Waals surface area contributed by atoms with Crippen molar-refractivity contribution >= 4 is 18.0 Å². The summed E-state index contributed by atoms with van der Waals surface area (Å²) in [5, 5.41) is 20.8. The monoisotopic (exact) mass is 402 g/mol. The van der Waals surface area contributed by atoms with Gasteiger partial charge in [0.2, 0.25) is 0 Å². The van der Waals surface area contributed by atoms with E-state index < -0.39 is 17.5 Å². The predicted molar refractivity (Wildman–Crippen MR) is 114 cm³/mol. The van der Waals surface area contributed by atoms with E-state index >= 15 is 0 Å². The summed E-state index contributed by atoms with van der Waals surface area (Å²) in [7, 11) is 1.21. The van der Waals surface area contributed by atoms with Crippen LogP contribution in [0.2, 0.25) is 0 Å². The number of hydrogen-bond acceptors (Lipinski definition) is 4. The molecule has 1 aliphatic heterocycles. The third kappa shape index (κ3) is 4.47. The van der Waals surface area contributed by atoms with Crippen LogP contribution in [0.25, 0.3) is 6.08 Å². The number of phenolic OH excluding ortho intramolecular Hbond substituents is 1. The molecular formula is C23H34N2O4. The lowest BCUT2D eigenvalue weighted by Gasteiger charge is -2.30. The first-order chi connectivity index (χ1) is 13.0. The van der Waals surface area contributed by atoms with Crippen molar-refractivity contribution in [3.05, 3.63) is 34.4 Å². The Morgan fingerprint density at radius 2 is 1.55 bits per heavy atom. The van der Waals surface area contributed by atoms with Crippen molar-refractivity contribution in [2.45, 2.75) is 78.2 Å². The lowest BCUT2D eigenvalue weighted by molar-refractivity contribution is -0.128. The van der Waals surface area contributed by atoms with Crippen molar-refractivity contribution in [1.82, 2.24) is 9.96 Å². The van der Waals surface area contributed by atoms with Gasteiger partial charge in [-0.3, -0.25) is 14.9 Å². The number of hydroxylamine groups is 2. The molecule has 6 nitrogen and oxygen atoms in total. The van der Waals surface area contributed by atoms with Gasteiger partial charge in [0.05, 0.1) is 5.54 Å². The summed E-state index contributed by atoms with van der Waals surface area (Å²) >= 11 is 0. The van der Waals surface area contributed by atoms with E-state index in [1.165, 1.54) is 7.05 Å². The molecule has 0 spiro atoms. The standard InChI is InChI=1S/C23H34N2O4/c1-21(2,3)16-11-14(12-17(18(16)26)22(4,5)6)10-15-13-23(7,8)25(19(15)27)20(28)24(9)29/h10-12,26,29H,13H2,1-9H3/b15-10-. The van der Waals surface area contributed by atoms with Crippen LogP contribution in [0.3, 0.4) is 0 Å². The molecule has 1 aliphatic rings. The molecule has 1 fully saturated rings. The van der Waals surface area contributed by atoms with E-state index in [-0.39, 0.29) is 16.6 Å². The van der Waals surface area contributed by atoms with Gasteiger partial charge in [-0.1, -0.05) is 41.5 Å². The van der Waals surface area contributed by atoms with Crippen LogP contribution in [-0.4, -0.2) is 44.8 Å². The van der Waals surface area contributed by atoms with Gasteiger partial charge in [-0.15, -0.1) is 0 Å². The molecule has 0 atom stereocenters. The fourth-order valence-corrected chi connectivity index (χ4v) is 3.73. The first-order valence-electron chi connectivity index (χ1n) is 9.86. The Morgan fingerprint density at radius 1 is 1.10 bits per heavy atom. The zero-order valence-electron chi connectivity index (χ0n) is 19.0. The number of rotatable bonds is 1. The number of carbonyl (C=O) groups excluding carboxylic acids is 2. The number of benzene rings is 1. The number of likely N-dealkylation sites (tertiary alicyclic amines) is 1. The first-order valence-corrected chi connectivity index (χ1v) is 9.86. The quantitative estimate of drug-likeness (QED) is 0.401. The van der Waals surface area contributed by atoms with Crippen LogP contribution in [0.4, 0.5) is 4.79 Å². The van der Waals surface area contributed by atoms with Gasteiger partial charge in [-0.05, 0) is 48.4 Å². The van der Waals surface area contributed by atoms with Gasteiger partial charge in [0, 0.05) is 30.2 Å². The van der Waals surface area contributed by atoms with E-state index in [9.17, 15) is 19.9 Å². The Labute approximate surface area is 173 Å². The number of imide groups is 1. The second-order valence-electron chi connectivity index (χ2n) is 10.6. The summed E-state index contributed by atoms with van der Waals surface area (Å²) in [6.45, 7) is 15.8. The molecule has 1 aromatic rings. The van der Waals surface area contributed by atoms with Crippen LogP contribution in [0.1, 0.15) is 78.5 Å². The molecule has 1 saturated heterocycles. The van der Waals surface area contributed by atoms with Gasteiger partial charge in [0.1, 0.15) is 5.75 Å². The number of urea groups is 1. The molecule has 160 valence electrons. The maximum absolute atomic E-state index is 13.0. The van der Waals surface area contributed by atoms with Crippen molar-refractivity contribution in [3.8, 4) is 5.75 Å². The third-order valence-electron chi connectivity index (χ3n) is 5.26. The Morgan fingerprint density at radius 3 is 1.93 bits per heavy atom. The fraction of sp³-hybridized carbons (Fsp3) is 0.565. The lowest BCUT2D eigenvalue weighted by atomic mass is 9.78. The maximum atomic E-state index is 13.0. The van der Waals surface area contributed by atoms with Crippen LogP contribution in [0.15, 0.2) is 17.7 Å². The Balaban J connectivity index is 2.63. The molecule has 1 heterocycles. The van der Waals surface area contributed by atoms with Crippen LogP contribution in [0, 0.1) is 0 Å².